The first-order valence-electron chi connectivity index (χ1n) is 6.95. The molecule has 0 radical (unpaired) electrons. The monoisotopic (exact) mass is 330 g/mol. The summed E-state index contributed by atoms with van der Waals surface area (Å²) in [6.45, 7) is 0.206. The number of carboxylic acid groups (broad SMARTS) is 1. The van der Waals surface area contributed by atoms with Crippen LogP contribution in [0.15, 0.2) is 12.1 Å². The van der Waals surface area contributed by atoms with Crippen LogP contribution in [-0.4, -0.2) is 46.5 Å². The summed E-state index contributed by atoms with van der Waals surface area (Å²) >= 11 is 7.31. The second kappa shape index (κ2) is 7.13. The molecule has 0 aliphatic heterocycles. The lowest BCUT2D eigenvalue weighted by Gasteiger charge is -2.31. The van der Waals surface area contributed by atoms with Crippen LogP contribution < -0.4 is 0 Å². The summed E-state index contributed by atoms with van der Waals surface area (Å²) in [5.41, 5.74) is 0. The minimum atomic E-state index is -0.970. The van der Waals surface area contributed by atoms with Crippen molar-refractivity contribution in [3.8, 4) is 0 Å². The maximum atomic E-state index is 12.5. The Balaban J connectivity index is 2.03. The summed E-state index contributed by atoms with van der Waals surface area (Å²) in [6, 6.07) is 3.50. The van der Waals surface area contributed by atoms with Gasteiger partial charge in [0.25, 0.3) is 0 Å². The zero-order valence-electron chi connectivity index (χ0n) is 11.9. The predicted molar refractivity (Wildman–Crippen MR) is 82.8 cm³/mol. The Hall–Kier alpha value is -1.27. The maximum Gasteiger partial charge on any atom is 0.323 e. The zero-order chi connectivity index (χ0) is 15.4. The molecule has 0 saturated heterocycles. The van der Waals surface area contributed by atoms with Crippen molar-refractivity contribution in [3.05, 3.63) is 21.3 Å². The number of urea groups is 1. The molecule has 2 amide bonds. The van der Waals surface area contributed by atoms with E-state index in [9.17, 15) is 9.59 Å². The first-order valence-corrected chi connectivity index (χ1v) is 8.14. The van der Waals surface area contributed by atoms with E-state index in [0.717, 1.165) is 30.6 Å². The zero-order valence-corrected chi connectivity index (χ0v) is 13.5. The SMILES string of the molecule is CN(Cc1ccc(Cl)s1)C(=O)N(CC(=O)O)C1CCCC1. The van der Waals surface area contributed by atoms with Crippen LogP contribution in [0.25, 0.3) is 0 Å². The summed E-state index contributed by atoms with van der Waals surface area (Å²) in [4.78, 5) is 27.6. The second-order valence-electron chi connectivity index (χ2n) is 5.30. The molecule has 0 bridgehead atoms. The molecule has 0 unspecified atom stereocenters. The molecule has 0 spiro atoms. The minimum Gasteiger partial charge on any atom is -0.480 e. The smallest absolute Gasteiger partial charge is 0.323 e. The number of aliphatic carboxylic acids is 1. The molecule has 1 aromatic rings. The molecule has 1 saturated carbocycles. The van der Waals surface area contributed by atoms with Crippen molar-refractivity contribution in [2.45, 2.75) is 38.3 Å². The van der Waals surface area contributed by atoms with Gasteiger partial charge in [-0.25, -0.2) is 4.79 Å². The lowest BCUT2D eigenvalue weighted by Crippen LogP contribution is -2.47. The standard InChI is InChI=1S/C14H19ClN2O3S/c1-16(8-11-6-7-12(15)21-11)14(20)17(9-13(18)19)10-4-2-3-5-10/h6-7,10H,2-5,8-9H2,1H3,(H,18,19). The van der Waals surface area contributed by atoms with E-state index < -0.39 is 5.97 Å². The highest BCUT2D eigenvalue weighted by Gasteiger charge is 2.30. The molecule has 1 aliphatic carbocycles. The average molecular weight is 331 g/mol. The highest BCUT2D eigenvalue weighted by Crippen LogP contribution is 2.26. The Morgan fingerprint density at radius 2 is 2.05 bits per heavy atom. The molecule has 1 aromatic heterocycles. The number of carboxylic acids is 1. The Bertz CT molecular complexity index is 514. The fourth-order valence-electron chi connectivity index (χ4n) is 2.67. The van der Waals surface area contributed by atoms with Crippen molar-refractivity contribution < 1.29 is 14.7 Å². The third-order valence-electron chi connectivity index (χ3n) is 3.67. The number of amides is 2. The van der Waals surface area contributed by atoms with Crippen molar-refractivity contribution >= 4 is 34.9 Å². The van der Waals surface area contributed by atoms with Crippen molar-refractivity contribution in [2.24, 2.45) is 0 Å². The van der Waals surface area contributed by atoms with Gasteiger partial charge < -0.3 is 14.9 Å². The molecule has 21 heavy (non-hydrogen) atoms. The number of hydrogen-bond donors (Lipinski definition) is 1. The van der Waals surface area contributed by atoms with Crippen LogP contribution in [0.2, 0.25) is 4.34 Å². The van der Waals surface area contributed by atoms with E-state index in [2.05, 4.69) is 0 Å². The van der Waals surface area contributed by atoms with Gasteiger partial charge in [0.2, 0.25) is 0 Å². The van der Waals surface area contributed by atoms with Crippen molar-refractivity contribution in [2.75, 3.05) is 13.6 Å². The largest absolute Gasteiger partial charge is 0.480 e. The number of carbonyl (C=O) groups excluding carboxylic acids is 1. The van der Waals surface area contributed by atoms with Crippen LogP contribution in [0.4, 0.5) is 4.79 Å². The van der Waals surface area contributed by atoms with Crippen molar-refractivity contribution in [3.63, 3.8) is 0 Å². The van der Waals surface area contributed by atoms with E-state index >= 15 is 0 Å². The van der Waals surface area contributed by atoms with Crippen molar-refractivity contribution in [1.29, 1.82) is 0 Å². The van der Waals surface area contributed by atoms with Gasteiger partial charge in [-0.2, -0.15) is 0 Å². The van der Waals surface area contributed by atoms with E-state index in [1.807, 2.05) is 6.07 Å². The van der Waals surface area contributed by atoms with Gasteiger partial charge in [-0.05, 0) is 25.0 Å². The van der Waals surface area contributed by atoms with Crippen molar-refractivity contribution in [1.82, 2.24) is 9.80 Å². The maximum absolute atomic E-state index is 12.5. The summed E-state index contributed by atoms with van der Waals surface area (Å²) in [5.74, 6) is -0.970. The normalized spacial score (nSPS) is 15.1. The topological polar surface area (TPSA) is 60.9 Å². The highest BCUT2D eigenvalue weighted by molar-refractivity contribution is 7.16. The quantitative estimate of drug-likeness (QED) is 0.901. The molecule has 1 aliphatic rings. The van der Waals surface area contributed by atoms with Crippen LogP contribution >= 0.6 is 22.9 Å². The van der Waals surface area contributed by atoms with Gasteiger partial charge in [0.05, 0.1) is 10.9 Å². The van der Waals surface area contributed by atoms with Gasteiger partial charge in [0.15, 0.2) is 0 Å². The number of carbonyl (C=O) groups is 2. The van der Waals surface area contributed by atoms with Crippen LogP contribution in [-0.2, 0) is 11.3 Å². The number of hydrogen-bond acceptors (Lipinski definition) is 3. The molecule has 0 atom stereocenters. The van der Waals surface area contributed by atoms with Gasteiger partial charge in [-0.3, -0.25) is 4.79 Å². The van der Waals surface area contributed by atoms with E-state index in [1.54, 1.807) is 18.0 Å². The number of nitrogens with zero attached hydrogens (tertiary/aromatic N) is 2. The molecule has 5 nitrogen and oxygen atoms in total. The highest BCUT2D eigenvalue weighted by atomic mass is 35.5. The van der Waals surface area contributed by atoms with Crippen LogP contribution in [0, 0.1) is 0 Å². The molecule has 1 fully saturated rings. The summed E-state index contributed by atoms with van der Waals surface area (Å²) in [5, 5.41) is 9.04. The fraction of sp³-hybridized carbons (Fsp3) is 0.571. The molecule has 116 valence electrons. The molecule has 1 N–H and O–H groups in total. The predicted octanol–water partition coefficient (Wildman–Crippen LogP) is 3.28. The first kappa shape index (κ1) is 16.1. The molecular weight excluding hydrogens is 312 g/mol. The lowest BCUT2D eigenvalue weighted by molar-refractivity contribution is -0.138. The van der Waals surface area contributed by atoms with E-state index in [-0.39, 0.29) is 18.6 Å². The Kier molecular flexibility index (Phi) is 5.47. The lowest BCUT2D eigenvalue weighted by atomic mass is 10.2. The summed E-state index contributed by atoms with van der Waals surface area (Å²) < 4.78 is 0.684. The molecule has 1 heterocycles. The van der Waals surface area contributed by atoms with Crippen LogP contribution in [0.3, 0.4) is 0 Å². The Labute approximate surface area is 133 Å². The van der Waals surface area contributed by atoms with Gasteiger partial charge >= 0.3 is 12.0 Å². The van der Waals surface area contributed by atoms with Crippen LogP contribution in [0.1, 0.15) is 30.6 Å². The van der Waals surface area contributed by atoms with Gasteiger partial charge in [-0.1, -0.05) is 24.4 Å². The minimum absolute atomic E-state index is 0.0444. The number of thiophene rings is 1. The van der Waals surface area contributed by atoms with E-state index in [0.29, 0.717) is 10.9 Å². The second-order valence-corrected chi connectivity index (χ2v) is 7.10. The molecule has 0 aromatic carbocycles. The van der Waals surface area contributed by atoms with Gasteiger partial charge in [0.1, 0.15) is 6.54 Å². The molecule has 7 heteroatoms. The third-order valence-corrected chi connectivity index (χ3v) is 4.88. The van der Waals surface area contributed by atoms with Gasteiger partial charge in [-0.15, -0.1) is 11.3 Å². The first-order chi connectivity index (χ1) is 9.97. The van der Waals surface area contributed by atoms with Crippen LogP contribution in [0.5, 0.6) is 0 Å². The van der Waals surface area contributed by atoms with Gasteiger partial charge in [0, 0.05) is 18.0 Å². The van der Waals surface area contributed by atoms with E-state index in [1.165, 1.54) is 16.2 Å². The number of halogens is 1. The Morgan fingerprint density at radius 3 is 2.57 bits per heavy atom. The molecular formula is C14H19ClN2O3S. The average Bonchev–Trinajstić information content (AvgIpc) is 3.06. The summed E-state index contributed by atoms with van der Waals surface area (Å²) in [6.07, 6.45) is 3.88. The fourth-order valence-corrected chi connectivity index (χ4v) is 3.81. The third kappa shape index (κ3) is 4.35. The van der Waals surface area contributed by atoms with E-state index in [4.69, 9.17) is 16.7 Å². The number of rotatable bonds is 5. The summed E-state index contributed by atoms with van der Waals surface area (Å²) in [7, 11) is 1.69. The molecule has 2 rings (SSSR count). The Morgan fingerprint density at radius 1 is 1.38 bits per heavy atom.